The summed E-state index contributed by atoms with van der Waals surface area (Å²) < 4.78 is 0. The van der Waals surface area contributed by atoms with Crippen LogP contribution in [-0.4, -0.2) is 30.2 Å². The van der Waals surface area contributed by atoms with E-state index in [0.717, 1.165) is 28.6 Å². The van der Waals surface area contributed by atoms with Crippen molar-refractivity contribution in [3.05, 3.63) is 46.1 Å². The zero-order chi connectivity index (χ0) is 16.1. The highest BCUT2D eigenvalue weighted by Gasteiger charge is 2.23. The van der Waals surface area contributed by atoms with Crippen molar-refractivity contribution in [2.45, 2.75) is 19.3 Å². The van der Waals surface area contributed by atoms with Gasteiger partial charge >= 0.3 is 0 Å². The minimum atomic E-state index is 0.524. The van der Waals surface area contributed by atoms with E-state index < -0.39 is 0 Å². The predicted octanol–water partition coefficient (Wildman–Crippen LogP) is 3.48. The summed E-state index contributed by atoms with van der Waals surface area (Å²) in [7, 11) is 0. The fourth-order valence-corrected chi connectivity index (χ4v) is 4.52. The summed E-state index contributed by atoms with van der Waals surface area (Å²) in [5, 5.41) is 14.5. The van der Waals surface area contributed by atoms with Crippen molar-refractivity contribution < 1.29 is 0 Å². The van der Waals surface area contributed by atoms with E-state index in [-0.39, 0.29) is 0 Å². The molecular weight excluding hydrogens is 344 g/mol. The van der Waals surface area contributed by atoms with Crippen molar-refractivity contribution in [2.24, 2.45) is 0 Å². The molecular formula is C16H11ClN6S. The first-order valence-corrected chi connectivity index (χ1v) is 8.80. The van der Waals surface area contributed by atoms with E-state index in [1.54, 1.807) is 17.7 Å². The molecule has 4 aromatic rings. The SMILES string of the molecule is Clc1cccc(-c2nnn(-c3ncnc4sc5c(c34)CCC5)n2)c1. The van der Waals surface area contributed by atoms with E-state index in [9.17, 15) is 0 Å². The summed E-state index contributed by atoms with van der Waals surface area (Å²) in [6.45, 7) is 0. The minimum absolute atomic E-state index is 0.524. The van der Waals surface area contributed by atoms with Gasteiger partial charge in [-0.25, -0.2) is 9.97 Å². The molecule has 0 unspecified atom stereocenters. The van der Waals surface area contributed by atoms with Gasteiger partial charge < -0.3 is 0 Å². The van der Waals surface area contributed by atoms with Crippen LogP contribution in [0.3, 0.4) is 0 Å². The summed E-state index contributed by atoms with van der Waals surface area (Å²) in [5.41, 5.74) is 2.17. The Morgan fingerprint density at radius 3 is 3.04 bits per heavy atom. The molecule has 0 spiro atoms. The molecule has 1 aliphatic carbocycles. The van der Waals surface area contributed by atoms with Crippen LogP contribution in [0.5, 0.6) is 0 Å². The number of thiophene rings is 1. The van der Waals surface area contributed by atoms with Crippen molar-refractivity contribution in [3.8, 4) is 17.2 Å². The molecule has 0 bridgehead atoms. The molecule has 0 radical (unpaired) electrons. The molecule has 8 heteroatoms. The van der Waals surface area contributed by atoms with Crippen LogP contribution in [0.15, 0.2) is 30.6 Å². The Labute approximate surface area is 146 Å². The summed E-state index contributed by atoms with van der Waals surface area (Å²) >= 11 is 7.79. The third-order valence-corrected chi connectivity index (χ3v) is 5.60. The molecule has 0 atom stereocenters. The number of benzene rings is 1. The van der Waals surface area contributed by atoms with Crippen molar-refractivity contribution in [2.75, 3.05) is 0 Å². The number of hydrogen-bond donors (Lipinski definition) is 0. The van der Waals surface area contributed by atoms with E-state index in [1.165, 1.54) is 21.7 Å². The number of halogens is 1. The highest BCUT2D eigenvalue weighted by molar-refractivity contribution is 7.19. The number of fused-ring (bicyclic) bond motifs is 3. The monoisotopic (exact) mass is 354 g/mol. The van der Waals surface area contributed by atoms with Crippen molar-refractivity contribution in [1.82, 2.24) is 30.2 Å². The number of aryl methyl sites for hydroxylation is 2. The van der Waals surface area contributed by atoms with Crippen LogP contribution in [0.25, 0.3) is 27.4 Å². The Balaban J connectivity index is 1.66. The van der Waals surface area contributed by atoms with Gasteiger partial charge in [-0.3, -0.25) is 0 Å². The molecule has 6 nitrogen and oxygen atoms in total. The summed E-state index contributed by atoms with van der Waals surface area (Å²) in [6, 6.07) is 7.41. The molecule has 0 amide bonds. The predicted molar refractivity (Wildman–Crippen MR) is 92.6 cm³/mol. The van der Waals surface area contributed by atoms with Gasteiger partial charge in [-0.05, 0) is 42.2 Å². The molecule has 3 aromatic heterocycles. The lowest BCUT2D eigenvalue weighted by Crippen LogP contribution is -2.03. The van der Waals surface area contributed by atoms with Gasteiger partial charge in [0.05, 0.1) is 5.39 Å². The fourth-order valence-electron chi connectivity index (χ4n) is 3.11. The second-order valence-corrected chi connectivity index (χ2v) is 7.17. The van der Waals surface area contributed by atoms with Crippen LogP contribution in [0, 0.1) is 0 Å². The zero-order valence-corrected chi connectivity index (χ0v) is 14.0. The second kappa shape index (κ2) is 5.32. The molecule has 3 heterocycles. The van der Waals surface area contributed by atoms with Gasteiger partial charge in [-0.1, -0.05) is 23.7 Å². The molecule has 1 aromatic carbocycles. The quantitative estimate of drug-likeness (QED) is 0.551. The van der Waals surface area contributed by atoms with Gasteiger partial charge in [0.2, 0.25) is 5.82 Å². The first kappa shape index (κ1) is 14.0. The standard InChI is InChI=1S/C16H11ClN6S/c17-10-4-1-3-9(7-10)14-20-22-23(21-14)15-13-11-5-2-6-12(11)24-16(13)19-8-18-15/h1,3-4,7-8H,2,5-6H2. The lowest BCUT2D eigenvalue weighted by Gasteiger charge is -2.01. The smallest absolute Gasteiger partial charge is 0.205 e. The maximum Gasteiger partial charge on any atom is 0.205 e. The summed E-state index contributed by atoms with van der Waals surface area (Å²) in [6.07, 6.45) is 4.93. The zero-order valence-electron chi connectivity index (χ0n) is 12.5. The lowest BCUT2D eigenvalue weighted by molar-refractivity contribution is 0.704. The first-order chi connectivity index (χ1) is 11.8. The van der Waals surface area contributed by atoms with Gasteiger partial charge in [0.25, 0.3) is 0 Å². The third kappa shape index (κ3) is 2.12. The number of tetrazole rings is 1. The number of nitrogens with zero attached hydrogens (tertiary/aromatic N) is 6. The van der Waals surface area contributed by atoms with Crippen LogP contribution in [0.2, 0.25) is 5.02 Å². The Kier molecular flexibility index (Phi) is 3.11. The molecule has 1 aliphatic rings. The van der Waals surface area contributed by atoms with Crippen LogP contribution >= 0.6 is 22.9 Å². The maximum absolute atomic E-state index is 6.04. The Morgan fingerprint density at radius 1 is 1.17 bits per heavy atom. The highest BCUT2D eigenvalue weighted by atomic mass is 35.5. The fraction of sp³-hybridized carbons (Fsp3) is 0.188. The topological polar surface area (TPSA) is 69.4 Å². The molecule has 118 valence electrons. The summed E-state index contributed by atoms with van der Waals surface area (Å²) in [4.78, 5) is 12.7. The van der Waals surface area contributed by atoms with Gasteiger partial charge in [0.1, 0.15) is 11.2 Å². The van der Waals surface area contributed by atoms with Crippen LogP contribution in [0.1, 0.15) is 16.9 Å². The number of rotatable bonds is 2. The van der Waals surface area contributed by atoms with Gasteiger partial charge in [0.15, 0.2) is 5.82 Å². The molecule has 0 fully saturated rings. The van der Waals surface area contributed by atoms with E-state index in [0.29, 0.717) is 16.7 Å². The Bertz CT molecular complexity index is 1070. The molecule has 0 saturated heterocycles. The van der Waals surface area contributed by atoms with Crippen LogP contribution in [-0.2, 0) is 12.8 Å². The van der Waals surface area contributed by atoms with Gasteiger partial charge in [-0.15, -0.1) is 26.3 Å². The van der Waals surface area contributed by atoms with Crippen molar-refractivity contribution in [1.29, 1.82) is 0 Å². The van der Waals surface area contributed by atoms with Gasteiger partial charge in [-0.2, -0.15) is 0 Å². The second-order valence-electron chi connectivity index (χ2n) is 5.65. The van der Waals surface area contributed by atoms with Crippen molar-refractivity contribution >= 4 is 33.2 Å². The largest absolute Gasteiger partial charge is 0.225 e. The molecule has 24 heavy (non-hydrogen) atoms. The van der Waals surface area contributed by atoms with E-state index in [2.05, 4.69) is 25.4 Å². The van der Waals surface area contributed by atoms with E-state index >= 15 is 0 Å². The average molecular weight is 355 g/mol. The minimum Gasteiger partial charge on any atom is -0.225 e. The maximum atomic E-state index is 6.04. The summed E-state index contributed by atoms with van der Waals surface area (Å²) in [5.74, 6) is 1.22. The third-order valence-electron chi connectivity index (χ3n) is 4.17. The first-order valence-electron chi connectivity index (χ1n) is 7.61. The van der Waals surface area contributed by atoms with Crippen molar-refractivity contribution in [3.63, 3.8) is 0 Å². The normalized spacial score (nSPS) is 13.5. The molecule has 5 rings (SSSR count). The Morgan fingerprint density at radius 2 is 2.12 bits per heavy atom. The molecule has 0 N–H and O–H groups in total. The van der Waals surface area contributed by atoms with E-state index in [1.807, 2.05) is 24.3 Å². The number of hydrogen-bond acceptors (Lipinski definition) is 6. The number of aromatic nitrogens is 6. The van der Waals surface area contributed by atoms with E-state index in [4.69, 9.17) is 11.6 Å². The van der Waals surface area contributed by atoms with Crippen LogP contribution < -0.4 is 0 Å². The molecule has 0 saturated carbocycles. The Hall–Kier alpha value is -2.38. The average Bonchev–Trinajstić information content (AvgIpc) is 3.30. The highest BCUT2D eigenvalue weighted by Crippen LogP contribution is 2.38. The molecule has 0 aliphatic heterocycles. The van der Waals surface area contributed by atoms with Gasteiger partial charge in [0, 0.05) is 15.5 Å². The van der Waals surface area contributed by atoms with Crippen LogP contribution in [0.4, 0.5) is 0 Å². The lowest BCUT2D eigenvalue weighted by atomic mass is 10.2.